The summed E-state index contributed by atoms with van der Waals surface area (Å²) < 4.78 is 5.65. The molecule has 4 rings (SSSR count). The molecule has 160 valence electrons. The van der Waals surface area contributed by atoms with Crippen molar-refractivity contribution in [2.45, 2.75) is 12.6 Å². The molecule has 3 aromatic rings. The van der Waals surface area contributed by atoms with Crippen LogP contribution in [0.4, 0.5) is 0 Å². The van der Waals surface area contributed by atoms with Crippen LogP contribution in [0.2, 0.25) is 0 Å². The predicted octanol–water partition coefficient (Wildman–Crippen LogP) is 4.27. The van der Waals surface area contributed by atoms with Crippen LogP contribution < -0.4 is 4.74 Å². The van der Waals surface area contributed by atoms with E-state index in [2.05, 4.69) is 11.6 Å². The van der Waals surface area contributed by atoms with E-state index in [-0.39, 0.29) is 17.9 Å². The second-order valence-corrected chi connectivity index (χ2v) is 7.33. The number of hydrogen-bond donors (Lipinski definition) is 1. The number of hydrogen-bond acceptors (Lipinski definition) is 5. The Kier molecular flexibility index (Phi) is 6.12. The van der Waals surface area contributed by atoms with Gasteiger partial charge in [-0.1, -0.05) is 61.2 Å². The number of carbonyl (C=O) groups is 2. The molecule has 32 heavy (non-hydrogen) atoms. The Labute approximate surface area is 186 Å². The molecule has 0 radical (unpaired) electrons. The van der Waals surface area contributed by atoms with Gasteiger partial charge < -0.3 is 14.7 Å². The van der Waals surface area contributed by atoms with Gasteiger partial charge in [0, 0.05) is 24.5 Å². The topological polar surface area (TPSA) is 79.7 Å². The molecule has 1 amide bonds. The van der Waals surface area contributed by atoms with E-state index in [1.165, 1.54) is 4.90 Å². The lowest BCUT2D eigenvalue weighted by molar-refractivity contribution is -0.140. The summed E-state index contributed by atoms with van der Waals surface area (Å²) in [5.74, 6) is -1.03. The van der Waals surface area contributed by atoms with Crippen molar-refractivity contribution in [1.29, 1.82) is 0 Å². The fourth-order valence-electron chi connectivity index (χ4n) is 3.76. The third-order valence-electron chi connectivity index (χ3n) is 5.20. The maximum Gasteiger partial charge on any atom is 0.295 e. The molecule has 0 saturated carbocycles. The first-order chi connectivity index (χ1) is 15.6. The van der Waals surface area contributed by atoms with Crippen molar-refractivity contribution in [2.24, 2.45) is 0 Å². The van der Waals surface area contributed by atoms with Crippen molar-refractivity contribution < 1.29 is 19.4 Å². The Morgan fingerprint density at radius 1 is 1.09 bits per heavy atom. The largest absolute Gasteiger partial charge is 0.507 e. The highest BCUT2D eigenvalue weighted by Crippen LogP contribution is 2.41. The number of ketones is 1. The third kappa shape index (κ3) is 4.16. The van der Waals surface area contributed by atoms with Crippen LogP contribution in [0, 0.1) is 0 Å². The number of rotatable bonds is 7. The van der Waals surface area contributed by atoms with Crippen LogP contribution in [0.3, 0.4) is 0 Å². The lowest BCUT2D eigenvalue weighted by Crippen LogP contribution is -2.29. The van der Waals surface area contributed by atoms with Crippen molar-refractivity contribution in [2.75, 3.05) is 6.61 Å². The van der Waals surface area contributed by atoms with E-state index in [1.54, 1.807) is 67.0 Å². The van der Waals surface area contributed by atoms with E-state index in [9.17, 15) is 14.7 Å². The first-order valence-electron chi connectivity index (χ1n) is 10.2. The molecule has 0 spiro atoms. The minimum absolute atomic E-state index is 0.0472. The number of likely N-dealkylation sites (tertiary alicyclic amines) is 1. The Morgan fingerprint density at radius 2 is 1.91 bits per heavy atom. The van der Waals surface area contributed by atoms with Crippen LogP contribution in [0.1, 0.15) is 22.7 Å². The summed E-state index contributed by atoms with van der Waals surface area (Å²) >= 11 is 0. The van der Waals surface area contributed by atoms with Crippen molar-refractivity contribution in [1.82, 2.24) is 9.88 Å². The monoisotopic (exact) mass is 426 g/mol. The number of aliphatic hydroxyl groups excluding tert-OH is 1. The van der Waals surface area contributed by atoms with Crippen molar-refractivity contribution in [3.8, 4) is 5.75 Å². The molecule has 1 aliphatic heterocycles. The number of carbonyl (C=O) groups excluding carboxylic acids is 2. The van der Waals surface area contributed by atoms with Gasteiger partial charge in [0.2, 0.25) is 0 Å². The fraction of sp³-hybridized carbons (Fsp3) is 0.115. The number of Topliss-reactive ketones (excluding diaryl/α,β-unsaturated/α-hetero) is 1. The maximum absolute atomic E-state index is 13.1. The molecule has 6 heteroatoms. The van der Waals surface area contributed by atoms with E-state index in [0.29, 0.717) is 23.5 Å². The van der Waals surface area contributed by atoms with Crippen molar-refractivity contribution >= 4 is 17.4 Å². The van der Waals surface area contributed by atoms with Gasteiger partial charge in [-0.15, -0.1) is 0 Å². The first kappa shape index (κ1) is 21.1. The van der Waals surface area contributed by atoms with E-state index in [1.807, 2.05) is 18.2 Å². The molecule has 1 aliphatic rings. The van der Waals surface area contributed by atoms with Gasteiger partial charge in [0.1, 0.15) is 18.1 Å². The van der Waals surface area contributed by atoms with Gasteiger partial charge in [0.25, 0.3) is 11.7 Å². The van der Waals surface area contributed by atoms with Crippen LogP contribution in [0.5, 0.6) is 5.75 Å². The predicted molar refractivity (Wildman–Crippen MR) is 121 cm³/mol. The molecule has 0 aliphatic carbocycles. The molecule has 0 unspecified atom stereocenters. The molecule has 2 aromatic carbocycles. The molecule has 1 fully saturated rings. The van der Waals surface area contributed by atoms with E-state index < -0.39 is 17.7 Å². The number of ether oxygens (including phenoxy) is 1. The standard InChI is InChI=1S/C26H22N2O4/c1-2-14-32-21-12-6-11-20(15-21)23-22(24(29)19-9-4-3-5-10-19)25(30)26(31)28(23)17-18-8-7-13-27-16-18/h2-13,15-16,23,29H,1,14,17H2/b24-22+/t23-/m1/s1. The van der Waals surface area contributed by atoms with Gasteiger partial charge in [0.15, 0.2) is 0 Å². The number of amides is 1. The van der Waals surface area contributed by atoms with E-state index in [4.69, 9.17) is 4.74 Å². The number of nitrogens with zero attached hydrogens (tertiary/aromatic N) is 2. The maximum atomic E-state index is 13.1. The molecular formula is C26H22N2O4. The number of benzene rings is 2. The average molecular weight is 426 g/mol. The molecule has 0 bridgehead atoms. The zero-order valence-corrected chi connectivity index (χ0v) is 17.3. The summed E-state index contributed by atoms with van der Waals surface area (Å²) in [6.45, 7) is 4.15. The van der Waals surface area contributed by atoms with Gasteiger partial charge in [-0.25, -0.2) is 0 Å². The second kappa shape index (κ2) is 9.31. The van der Waals surface area contributed by atoms with E-state index >= 15 is 0 Å². The first-order valence-corrected chi connectivity index (χ1v) is 10.2. The Morgan fingerprint density at radius 3 is 2.62 bits per heavy atom. The summed E-state index contributed by atoms with van der Waals surface area (Å²) in [5.41, 5.74) is 1.95. The van der Waals surface area contributed by atoms with E-state index in [0.717, 1.165) is 5.56 Å². The zero-order valence-electron chi connectivity index (χ0n) is 17.3. The normalized spacial score (nSPS) is 17.4. The fourth-order valence-corrected chi connectivity index (χ4v) is 3.76. The minimum Gasteiger partial charge on any atom is -0.507 e. The molecule has 1 saturated heterocycles. The molecule has 1 aromatic heterocycles. The van der Waals surface area contributed by atoms with Gasteiger partial charge in [-0.2, -0.15) is 0 Å². The summed E-state index contributed by atoms with van der Waals surface area (Å²) in [6, 6.07) is 18.7. The smallest absolute Gasteiger partial charge is 0.295 e. The van der Waals surface area contributed by atoms with Gasteiger partial charge in [0.05, 0.1) is 11.6 Å². The molecule has 6 nitrogen and oxygen atoms in total. The SMILES string of the molecule is C=CCOc1cccc([C@@H]2/C(=C(\O)c3ccccc3)C(=O)C(=O)N2Cc2cccnc2)c1. The summed E-state index contributed by atoms with van der Waals surface area (Å²) in [6.07, 6.45) is 4.93. The van der Waals surface area contributed by atoms with Gasteiger partial charge in [-0.3, -0.25) is 14.6 Å². The molecule has 1 N–H and O–H groups in total. The van der Waals surface area contributed by atoms with Crippen LogP contribution >= 0.6 is 0 Å². The number of pyridine rings is 1. The molecule has 1 atom stereocenters. The summed E-state index contributed by atoms with van der Waals surface area (Å²) in [4.78, 5) is 31.7. The van der Waals surface area contributed by atoms with Gasteiger partial charge >= 0.3 is 0 Å². The lowest BCUT2D eigenvalue weighted by Gasteiger charge is -2.25. The average Bonchev–Trinajstić information content (AvgIpc) is 3.08. The number of aliphatic hydroxyl groups is 1. The highest BCUT2D eigenvalue weighted by Gasteiger charge is 2.46. The Hall–Kier alpha value is -4.19. The minimum atomic E-state index is -0.775. The molecular weight excluding hydrogens is 404 g/mol. The van der Waals surface area contributed by atoms with Crippen LogP contribution in [0.15, 0.2) is 97.4 Å². The van der Waals surface area contributed by atoms with Crippen LogP contribution in [-0.2, 0) is 16.1 Å². The quantitative estimate of drug-likeness (QED) is 0.264. The number of aromatic nitrogens is 1. The highest BCUT2D eigenvalue weighted by atomic mass is 16.5. The summed E-state index contributed by atoms with van der Waals surface area (Å²) in [7, 11) is 0. The Balaban J connectivity index is 1.84. The Bertz CT molecular complexity index is 1170. The van der Waals surface area contributed by atoms with Crippen molar-refractivity contribution in [3.63, 3.8) is 0 Å². The zero-order chi connectivity index (χ0) is 22.5. The van der Waals surface area contributed by atoms with Crippen LogP contribution in [-0.4, -0.2) is 33.3 Å². The molecule has 2 heterocycles. The lowest BCUT2D eigenvalue weighted by atomic mass is 9.95. The third-order valence-corrected chi connectivity index (χ3v) is 5.20. The summed E-state index contributed by atoms with van der Waals surface area (Å²) in [5, 5.41) is 11.1. The second-order valence-electron chi connectivity index (χ2n) is 7.33. The highest BCUT2D eigenvalue weighted by molar-refractivity contribution is 6.46. The van der Waals surface area contributed by atoms with Crippen molar-refractivity contribution in [3.05, 3.63) is 114 Å². The van der Waals surface area contributed by atoms with Crippen LogP contribution in [0.25, 0.3) is 5.76 Å². The van der Waals surface area contributed by atoms with Gasteiger partial charge in [-0.05, 0) is 29.3 Å².